The summed E-state index contributed by atoms with van der Waals surface area (Å²) in [6.45, 7) is 2.32. The Morgan fingerprint density at radius 2 is 2.00 bits per heavy atom. The van der Waals surface area contributed by atoms with Gasteiger partial charge in [-0.2, -0.15) is 0 Å². The van der Waals surface area contributed by atoms with Gasteiger partial charge in [0.25, 0.3) is 0 Å². The molecule has 4 N–H and O–H groups in total. The number of carbonyl (C=O) groups is 1. The Hall–Kier alpha value is -1.43. The van der Waals surface area contributed by atoms with E-state index in [-0.39, 0.29) is 12.5 Å². The normalized spacial score (nSPS) is 15.9. The molecule has 2 atom stereocenters. The molecule has 0 aromatic heterocycles. The van der Waals surface area contributed by atoms with Crippen LogP contribution in [0, 0.1) is 0 Å². The van der Waals surface area contributed by atoms with Crippen molar-refractivity contribution in [3.63, 3.8) is 0 Å². The summed E-state index contributed by atoms with van der Waals surface area (Å²) in [5, 5.41) is 12.8. The van der Waals surface area contributed by atoms with Gasteiger partial charge >= 0.3 is 0 Å². The molecule has 1 aromatic rings. The van der Waals surface area contributed by atoms with Crippen LogP contribution < -0.4 is 11.1 Å². The van der Waals surface area contributed by atoms with Crippen LogP contribution in [0.2, 0.25) is 0 Å². The summed E-state index contributed by atoms with van der Waals surface area (Å²) in [7, 11) is 3.73. The van der Waals surface area contributed by atoms with Gasteiger partial charge in [-0.1, -0.05) is 30.3 Å². The van der Waals surface area contributed by atoms with Crippen LogP contribution in [-0.4, -0.2) is 48.7 Å². The Morgan fingerprint density at radius 3 is 2.53 bits per heavy atom. The van der Waals surface area contributed by atoms with Crippen LogP contribution in [0.5, 0.6) is 0 Å². The third-order valence-corrected chi connectivity index (χ3v) is 2.74. The van der Waals surface area contributed by atoms with Gasteiger partial charge in [0.05, 0.1) is 5.60 Å². The van der Waals surface area contributed by atoms with Crippen molar-refractivity contribution in [2.24, 2.45) is 5.73 Å². The second-order valence-corrected chi connectivity index (χ2v) is 5.34. The first-order valence-electron chi connectivity index (χ1n) is 6.27. The van der Waals surface area contributed by atoms with E-state index in [9.17, 15) is 9.90 Å². The monoisotopic (exact) mass is 265 g/mol. The smallest absolute Gasteiger partial charge is 0.241 e. The lowest BCUT2D eigenvalue weighted by molar-refractivity contribution is -0.123. The van der Waals surface area contributed by atoms with Crippen molar-refractivity contribution in [1.29, 1.82) is 0 Å². The highest BCUT2D eigenvalue weighted by Gasteiger charge is 2.24. The van der Waals surface area contributed by atoms with Gasteiger partial charge in [0, 0.05) is 13.1 Å². The van der Waals surface area contributed by atoms with E-state index in [4.69, 9.17) is 5.73 Å². The summed E-state index contributed by atoms with van der Waals surface area (Å²) in [6, 6.07) is 8.45. The largest absolute Gasteiger partial charge is 0.387 e. The number of carbonyl (C=O) groups excluding carboxylic acids is 1. The van der Waals surface area contributed by atoms with E-state index in [1.165, 1.54) is 0 Å². The zero-order chi connectivity index (χ0) is 14.5. The maximum Gasteiger partial charge on any atom is 0.241 e. The predicted octanol–water partition coefficient (Wildman–Crippen LogP) is 0.115. The van der Waals surface area contributed by atoms with Crippen LogP contribution >= 0.6 is 0 Å². The molecule has 5 nitrogen and oxygen atoms in total. The Bertz CT molecular complexity index is 404. The van der Waals surface area contributed by atoms with Gasteiger partial charge < -0.3 is 21.1 Å². The first kappa shape index (κ1) is 15.6. The van der Waals surface area contributed by atoms with Gasteiger partial charge in [0.2, 0.25) is 5.91 Å². The van der Waals surface area contributed by atoms with E-state index in [0.717, 1.165) is 5.56 Å². The topological polar surface area (TPSA) is 78.6 Å². The fourth-order valence-corrected chi connectivity index (χ4v) is 1.94. The molecular formula is C14H23N3O2. The molecule has 0 heterocycles. The van der Waals surface area contributed by atoms with E-state index in [1.807, 2.05) is 49.3 Å². The molecule has 0 bridgehead atoms. The van der Waals surface area contributed by atoms with Crippen LogP contribution in [0.1, 0.15) is 18.5 Å². The lowest BCUT2D eigenvalue weighted by Gasteiger charge is -2.27. The van der Waals surface area contributed by atoms with Crippen molar-refractivity contribution in [3.05, 3.63) is 35.9 Å². The minimum Gasteiger partial charge on any atom is -0.387 e. The highest BCUT2D eigenvalue weighted by molar-refractivity contribution is 5.82. The maximum absolute atomic E-state index is 11.9. The number of benzene rings is 1. The average Bonchev–Trinajstić information content (AvgIpc) is 2.34. The molecule has 0 radical (unpaired) electrons. The van der Waals surface area contributed by atoms with Gasteiger partial charge in [0.1, 0.15) is 6.04 Å². The minimum absolute atomic E-state index is 0.171. The molecule has 19 heavy (non-hydrogen) atoms. The summed E-state index contributed by atoms with van der Waals surface area (Å²) in [5.41, 5.74) is 5.65. The van der Waals surface area contributed by atoms with Crippen LogP contribution in [0.4, 0.5) is 0 Å². The first-order chi connectivity index (χ1) is 8.82. The quantitative estimate of drug-likeness (QED) is 0.682. The number of nitrogens with one attached hydrogen (secondary N) is 1. The van der Waals surface area contributed by atoms with Crippen molar-refractivity contribution in [2.45, 2.75) is 18.6 Å². The van der Waals surface area contributed by atoms with E-state index < -0.39 is 11.6 Å². The molecule has 1 amide bonds. The Balaban J connectivity index is 2.52. The van der Waals surface area contributed by atoms with Crippen molar-refractivity contribution >= 4 is 5.91 Å². The summed E-state index contributed by atoms with van der Waals surface area (Å²) in [5.74, 6) is -0.287. The number of likely N-dealkylation sites (N-methyl/N-ethyl adjacent to an activating group) is 1. The molecule has 1 aromatic carbocycles. The van der Waals surface area contributed by atoms with Gasteiger partial charge in [0.15, 0.2) is 0 Å². The summed E-state index contributed by atoms with van der Waals surface area (Å²) >= 11 is 0. The predicted molar refractivity (Wildman–Crippen MR) is 75.6 cm³/mol. The fraction of sp³-hybridized carbons (Fsp3) is 0.500. The lowest BCUT2D eigenvalue weighted by atomic mass is 10.0. The van der Waals surface area contributed by atoms with E-state index in [0.29, 0.717) is 6.54 Å². The number of nitrogens with zero attached hydrogens (tertiary/aromatic N) is 1. The zero-order valence-electron chi connectivity index (χ0n) is 11.8. The average molecular weight is 265 g/mol. The molecule has 5 heteroatoms. The molecule has 0 fully saturated rings. The minimum atomic E-state index is -0.977. The number of hydrogen-bond donors (Lipinski definition) is 3. The second-order valence-electron chi connectivity index (χ2n) is 5.34. The number of amides is 1. The Labute approximate surface area is 114 Å². The highest BCUT2D eigenvalue weighted by atomic mass is 16.3. The first-order valence-corrected chi connectivity index (χ1v) is 6.27. The van der Waals surface area contributed by atoms with Crippen molar-refractivity contribution < 1.29 is 9.90 Å². The number of aliphatic hydroxyl groups is 1. The standard InChI is InChI=1S/C14H23N3O2/c1-14(19,10-17(2)3)9-16-13(18)12(15)11-7-5-4-6-8-11/h4-8,12,19H,9-10,15H2,1-3H3,(H,16,18)/t12-,14?/m1/s1. The highest BCUT2D eigenvalue weighted by Crippen LogP contribution is 2.10. The molecule has 0 aliphatic rings. The summed E-state index contributed by atoms with van der Waals surface area (Å²) < 4.78 is 0. The summed E-state index contributed by atoms with van der Waals surface area (Å²) in [6.07, 6.45) is 0. The maximum atomic E-state index is 11.9. The molecular weight excluding hydrogens is 242 g/mol. The SMILES string of the molecule is CN(C)CC(C)(O)CNC(=O)[C@H](N)c1ccccc1. The number of nitrogens with two attached hydrogens (primary N) is 1. The molecule has 0 aliphatic heterocycles. The van der Waals surface area contributed by atoms with Gasteiger partial charge in [-0.3, -0.25) is 4.79 Å². The lowest BCUT2D eigenvalue weighted by Crippen LogP contribution is -2.48. The molecule has 0 spiro atoms. The van der Waals surface area contributed by atoms with E-state index in [1.54, 1.807) is 6.92 Å². The van der Waals surface area contributed by atoms with Gasteiger partial charge in [-0.05, 0) is 26.6 Å². The number of rotatable bonds is 6. The third kappa shape index (κ3) is 5.38. The van der Waals surface area contributed by atoms with Crippen molar-refractivity contribution in [2.75, 3.05) is 27.2 Å². The molecule has 1 rings (SSSR count). The van der Waals surface area contributed by atoms with Crippen LogP contribution in [0.3, 0.4) is 0 Å². The Kier molecular flexibility index (Phi) is 5.47. The number of hydrogen-bond acceptors (Lipinski definition) is 4. The molecule has 0 aliphatic carbocycles. The summed E-state index contributed by atoms with van der Waals surface area (Å²) in [4.78, 5) is 13.8. The van der Waals surface area contributed by atoms with Crippen LogP contribution in [0.15, 0.2) is 30.3 Å². The van der Waals surface area contributed by atoms with Gasteiger partial charge in [-0.25, -0.2) is 0 Å². The van der Waals surface area contributed by atoms with E-state index in [2.05, 4.69) is 5.32 Å². The molecule has 1 unspecified atom stereocenters. The Morgan fingerprint density at radius 1 is 1.42 bits per heavy atom. The van der Waals surface area contributed by atoms with Crippen LogP contribution in [-0.2, 0) is 4.79 Å². The van der Waals surface area contributed by atoms with Crippen molar-refractivity contribution in [1.82, 2.24) is 10.2 Å². The molecule has 0 saturated carbocycles. The molecule has 0 saturated heterocycles. The fourth-order valence-electron chi connectivity index (χ4n) is 1.94. The molecule has 106 valence electrons. The second kappa shape index (κ2) is 6.65. The van der Waals surface area contributed by atoms with E-state index >= 15 is 0 Å². The zero-order valence-corrected chi connectivity index (χ0v) is 11.8. The third-order valence-electron chi connectivity index (χ3n) is 2.74. The van der Waals surface area contributed by atoms with Gasteiger partial charge in [-0.15, -0.1) is 0 Å². The van der Waals surface area contributed by atoms with Crippen LogP contribution in [0.25, 0.3) is 0 Å². The van der Waals surface area contributed by atoms with Crippen molar-refractivity contribution in [3.8, 4) is 0 Å².